The van der Waals surface area contributed by atoms with Crippen LogP contribution in [0.5, 0.6) is 0 Å². The molecule has 5 rings (SSSR count). The molecule has 0 radical (unpaired) electrons. The summed E-state index contributed by atoms with van der Waals surface area (Å²) in [5.74, 6) is -1.76. The molecule has 3 aromatic rings. The van der Waals surface area contributed by atoms with Crippen molar-refractivity contribution in [3.05, 3.63) is 75.5 Å². The molecule has 1 aromatic heterocycles. The summed E-state index contributed by atoms with van der Waals surface area (Å²) >= 11 is 0.849. The first-order valence-corrected chi connectivity index (χ1v) is 15.5. The van der Waals surface area contributed by atoms with Crippen molar-refractivity contribution < 1.29 is 18.8 Å². The Kier molecular flexibility index (Phi) is 9.21. The molecular weight excluding hydrogens is 553 g/mol. The average molecular weight is 592 g/mol. The van der Waals surface area contributed by atoms with Gasteiger partial charge in [0.1, 0.15) is 16.7 Å². The number of aryl methyl sites for hydroxylation is 2. The van der Waals surface area contributed by atoms with Crippen molar-refractivity contribution in [1.29, 1.82) is 0 Å². The van der Waals surface area contributed by atoms with Crippen molar-refractivity contribution in [3.8, 4) is 0 Å². The number of anilines is 2. The van der Waals surface area contributed by atoms with Crippen molar-refractivity contribution in [1.82, 2.24) is 15.0 Å². The largest absolute Gasteiger partial charge is 0.395 e. The van der Waals surface area contributed by atoms with E-state index in [-0.39, 0.29) is 34.2 Å². The number of rotatable bonds is 8. The zero-order chi connectivity index (χ0) is 29.8. The molecule has 0 unspecified atom stereocenters. The van der Waals surface area contributed by atoms with Crippen LogP contribution in [-0.2, 0) is 4.79 Å². The van der Waals surface area contributed by atoms with Gasteiger partial charge in [0.05, 0.1) is 5.69 Å². The number of nitrogens with two attached hydrogens (primary N) is 1. The Labute approximate surface area is 250 Å². The second-order valence-corrected chi connectivity index (χ2v) is 12.3. The molecule has 2 aliphatic carbocycles. The SMILES string of the molecule is Cc1ccc(C)c(N(C(=O)c2snc(C(=O)NC3CCCCC3)c2N)[C@@H](C(=O)NC2CCCC2)c2ccc(F)cc2)c1. The van der Waals surface area contributed by atoms with Gasteiger partial charge in [0.25, 0.3) is 11.8 Å². The third-order valence-corrected chi connectivity index (χ3v) is 9.17. The average Bonchev–Trinajstić information content (AvgIpc) is 3.63. The van der Waals surface area contributed by atoms with E-state index in [4.69, 9.17) is 5.73 Å². The van der Waals surface area contributed by atoms with Crippen LogP contribution in [0.25, 0.3) is 0 Å². The fourth-order valence-electron chi connectivity index (χ4n) is 5.98. The first-order valence-electron chi connectivity index (χ1n) is 14.8. The van der Waals surface area contributed by atoms with E-state index in [1.165, 1.54) is 29.2 Å². The van der Waals surface area contributed by atoms with Crippen molar-refractivity contribution >= 4 is 40.6 Å². The summed E-state index contributed by atoms with van der Waals surface area (Å²) in [6.07, 6.45) is 8.83. The van der Waals surface area contributed by atoms with Gasteiger partial charge >= 0.3 is 0 Å². The van der Waals surface area contributed by atoms with E-state index < -0.39 is 23.7 Å². The van der Waals surface area contributed by atoms with Gasteiger partial charge in [-0.15, -0.1) is 0 Å². The molecule has 3 amide bonds. The number of nitrogens with one attached hydrogen (secondary N) is 2. The van der Waals surface area contributed by atoms with E-state index in [1.807, 2.05) is 32.0 Å². The minimum atomic E-state index is -1.11. The van der Waals surface area contributed by atoms with E-state index in [2.05, 4.69) is 15.0 Å². The molecule has 0 bridgehead atoms. The van der Waals surface area contributed by atoms with Crippen LogP contribution >= 0.6 is 11.5 Å². The lowest BCUT2D eigenvalue weighted by Crippen LogP contribution is -2.46. The van der Waals surface area contributed by atoms with Crippen LogP contribution in [0.3, 0.4) is 0 Å². The lowest BCUT2D eigenvalue weighted by atomic mass is 9.95. The Bertz CT molecular complexity index is 1440. The molecule has 1 atom stereocenters. The number of benzene rings is 2. The second-order valence-electron chi connectivity index (χ2n) is 11.5. The molecular formula is C32H38FN5O3S. The first-order chi connectivity index (χ1) is 20.2. The lowest BCUT2D eigenvalue weighted by molar-refractivity contribution is -0.123. The van der Waals surface area contributed by atoms with Crippen LogP contribution in [0, 0.1) is 19.7 Å². The van der Waals surface area contributed by atoms with Crippen LogP contribution in [0.4, 0.5) is 15.8 Å². The van der Waals surface area contributed by atoms with Crippen LogP contribution < -0.4 is 21.3 Å². The van der Waals surface area contributed by atoms with E-state index in [0.717, 1.165) is 80.4 Å². The Morgan fingerprint density at radius 3 is 2.21 bits per heavy atom. The summed E-state index contributed by atoms with van der Waals surface area (Å²) in [5.41, 5.74) is 9.11. The van der Waals surface area contributed by atoms with Gasteiger partial charge < -0.3 is 16.4 Å². The van der Waals surface area contributed by atoms with E-state index in [1.54, 1.807) is 0 Å². The monoisotopic (exact) mass is 591 g/mol. The summed E-state index contributed by atoms with van der Waals surface area (Å²) in [7, 11) is 0. The smallest absolute Gasteiger partial charge is 0.273 e. The van der Waals surface area contributed by atoms with Gasteiger partial charge in [-0.2, -0.15) is 4.37 Å². The highest BCUT2D eigenvalue weighted by atomic mass is 32.1. The third kappa shape index (κ3) is 6.48. The number of nitrogen functional groups attached to an aromatic ring is 1. The molecule has 0 aliphatic heterocycles. The number of aromatic nitrogens is 1. The molecule has 2 fully saturated rings. The maximum Gasteiger partial charge on any atom is 0.273 e. The van der Waals surface area contributed by atoms with Crippen molar-refractivity contribution in [3.63, 3.8) is 0 Å². The Hall–Kier alpha value is -3.79. The zero-order valence-electron chi connectivity index (χ0n) is 24.1. The van der Waals surface area contributed by atoms with Gasteiger partial charge in [0.15, 0.2) is 5.69 Å². The molecule has 1 heterocycles. The van der Waals surface area contributed by atoms with E-state index in [9.17, 15) is 18.8 Å². The lowest BCUT2D eigenvalue weighted by Gasteiger charge is -2.33. The molecule has 0 saturated heterocycles. The third-order valence-electron chi connectivity index (χ3n) is 8.31. The molecule has 10 heteroatoms. The highest BCUT2D eigenvalue weighted by molar-refractivity contribution is 7.09. The predicted octanol–water partition coefficient (Wildman–Crippen LogP) is 5.99. The summed E-state index contributed by atoms with van der Waals surface area (Å²) in [4.78, 5) is 43.2. The molecule has 2 aliphatic rings. The van der Waals surface area contributed by atoms with Gasteiger partial charge in [-0.05, 0) is 86.0 Å². The number of carbonyl (C=O) groups excluding carboxylic acids is 3. The summed E-state index contributed by atoms with van der Waals surface area (Å²) < 4.78 is 18.3. The molecule has 2 aromatic carbocycles. The van der Waals surface area contributed by atoms with Gasteiger partial charge in [0, 0.05) is 17.8 Å². The summed E-state index contributed by atoms with van der Waals surface area (Å²) in [6, 6.07) is 10.2. The molecule has 42 heavy (non-hydrogen) atoms. The highest BCUT2D eigenvalue weighted by Gasteiger charge is 2.38. The van der Waals surface area contributed by atoms with Gasteiger partial charge in [-0.25, -0.2) is 4.39 Å². The quantitative estimate of drug-likeness (QED) is 0.298. The van der Waals surface area contributed by atoms with Crippen LogP contribution in [0.2, 0.25) is 0 Å². The van der Waals surface area contributed by atoms with Crippen molar-refractivity contribution in [2.45, 2.75) is 89.8 Å². The maximum atomic E-state index is 14.5. The van der Waals surface area contributed by atoms with Crippen molar-refractivity contribution in [2.24, 2.45) is 0 Å². The predicted molar refractivity (Wildman–Crippen MR) is 163 cm³/mol. The number of halogens is 1. The van der Waals surface area contributed by atoms with E-state index in [0.29, 0.717) is 11.3 Å². The molecule has 0 spiro atoms. The van der Waals surface area contributed by atoms with Gasteiger partial charge in [-0.3, -0.25) is 19.3 Å². The number of hydrogen-bond donors (Lipinski definition) is 3. The van der Waals surface area contributed by atoms with Crippen LogP contribution in [0.15, 0.2) is 42.5 Å². The second kappa shape index (κ2) is 13.0. The Morgan fingerprint density at radius 1 is 0.929 bits per heavy atom. The van der Waals surface area contributed by atoms with E-state index >= 15 is 0 Å². The molecule has 222 valence electrons. The molecule has 8 nitrogen and oxygen atoms in total. The first kappa shape index (κ1) is 29.7. The fourth-order valence-corrected chi connectivity index (χ4v) is 6.72. The topological polar surface area (TPSA) is 117 Å². The van der Waals surface area contributed by atoms with Crippen molar-refractivity contribution in [2.75, 3.05) is 10.6 Å². The minimum absolute atomic E-state index is 0.000401. The minimum Gasteiger partial charge on any atom is -0.395 e. The number of nitrogens with zero attached hydrogens (tertiary/aromatic N) is 2. The summed E-state index contributed by atoms with van der Waals surface area (Å²) in [5, 5.41) is 6.15. The Morgan fingerprint density at radius 2 is 1.55 bits per heavy atom. The van der Waals surface area contributed by atoms with Crippen LogP contribution in [-0.4, -0.2) is 34.2 Å². The van der Waals surface area contributed by atoms with Crippen LogP contribution in [0.1, 0.15) is 101 Å². The number of hydrogen-bond acceptors (Lipinski definition) is 6. The maximum absolute atomic E-state index is 14.5. The molecule has 2 saturated carbocycles. The van der Waals surface area contributed by atoms with Gasteiger partial charge in [0.2, 0.25) is 5.91 Å². The van der Waals surface area contributed by atoms with Gasteiger partial charge in [-0.1, -0.05) is 56.4 Å². The highest BCUT2D eigenvalue weighted by Crippen LogP contribution is 2.36. The zero-order valence-corrected chi connectivity index (χ0v) is 24.9. The standard InChI is InChI=1S/C32H38FN5O3S/c1-19-12-13-20(2)25(18-19)38(28(21-14-16-22(33)17-15-21)31(40)36-24-10-6-7-11-24)32(41)29-26(34)27(37-42-29)30(39)35-23-8-4-3-5-9-23/h12-18,23-24,28H,3-11,34H2,1-2H3,(H,35,39)(H,36,40)/t28-/m1/s1. The normalized spacial score (nSPS) is 16.6. The number of carbonyl (C=O) groups is 3. The summed E-state index contributed by atoms with van der Waals surface area (Å²) in [6.45, 7) is 3.77. The number of amides is 3. The fraction of sp³-hybridized carbons (Fsp3) is 0.438. The Balaban J connectivity index is 1.56. The molecule has 4 N–H and O–H groups in total.